The van der Waals surface area contributed by atoms with Crippen LogP contribution in [-0.2, 0) is 6.54 Å². The lowest BCUT2D eigenvalue weighted by Gasteiger charge is -2.07. The van der Waals surface area contributed by atoms with Gasteiger partial charge in [-0.05, 0) is 19.1 Å². The molecule has 2 heterocycles. The van der Waals surface area contributed by atoms with Gasteiger partial charge >= 0.3 is 0 Å². The van der Waals surface area contributed by atoms with Gasteiger partial charge in [-0.3, -0.25) is 4.79 Å². The van der Waals surface area contributed by atoms with Crippen molar-refractivity contribution >= 4 is 23.3 Å². The van der Waals surface area contributed by atoms with Gasteiger partial charge in [-0.2, -0.15) is 4.98 Å². The van der Waals surface area contributed by atoms with Crippen LogP contribution in [0.25, 0.3) is 0 Å². The molecule has 0 bridgehead atoms. The van der Waals surface area contributed by atoms with Crippen LogP contribution in [-0.4, -0.2) is 27.6 Å². The highest BCUT2D eigenvalue weighted by Gasteiger charge is 2.10. The summed E-state index contributed by atoms with van der Waals surface area (Å²) in [4.78, 5) is 20.1. The Bertz CT molecular complexity index is 614. The second kappa shape index (κ2) is 6.33. The number of anilines is 1. The van der Waals surface area contributed by atoms with E-state index >= 15 is 0 Å². The minimum Gasteiger partial charge on any atom is -0.370 e. The van der Waals surface area contributed by atoms with Crippen LogP contribution in [0.4, 0.5) is 5.82 Å². The number of aromatic nitrogens is 3. The van der Waals surface area contributed by atoms with Gasteiger partial charge in [0.2, 0.25) is 5.89 Å². The highest BCUT2D eigenvalue weighted by molar-refractivity contribution is 6.29. The lowest BCUT2D eigenvalue weighted by Crippen LogP contribution is -2.23. The van der Waals surface area contributed by atoms with Crippen molar-refractivity contribution in [2.24, 2.45) is 0 Å². The third-order valence-corrected chi connectivity index (χ3v) is 2.58. The van der Waals surface area contributed by atoms with Crippen LogP contribution in [0.2, 0.25) is 5.15 Å². The van der Waals surface area contributed by atoms with E-state index in [9.17, 15) is 4.79 Å². The normalized spacial score (nSPS) is 10.3. The molecule has 0 saturated heterocycles. The summed E-state index contributed by atoms with van der Waals surface area (Å²) in [5.41, 5.74) is 0.418. The van der Waals surface area contributed by atoms with Crippen molar-refractivity contribution in [3.63, 3.8) is 0 Å². The summed E-state index contributed by atoms with van der Waals surface area (Å²) in [6.07, 6.45) is 0. The summed E-state index contributed by atoms with van der Waals surface area (Å²) in [5.74, 6) is 1.15. The molecular weight excluding hydrogens is 282 g/mol. The van der Waals surface area contributed by atoms with Gasteiger partial charge in [0, 0.05) is 19.0 Å². The number of nitrogens with zero attached hydrogens (tertiary/aromatic N) is 3. The van der Waals surface area contributed by atoms with Gasteiger partial charge in [-0.15, -0.1) is 0 Å². The predicted molar refractivity (Wildman–Crippen MR) is 73.6 cm³/mol. The maximum Gasteiger partial charge on any atom is 0.251 e. The molecule has 0 spiro atoms. The van der Waals surface area contributed by atoms with Gasteiger partial charge in [0.25, 0.3) is 5.91 Å². The first-order valence-electron chi connectivity index (χ1n) is 6.07. The van der Waals surface area contributed by atoms with E-state index in [1.807, 2.05) is 6.92 Å². The van der Waals surface area contributed by atoms with E-state index in [4.69, 9.17) is 16.1 Å². The Morgan fingerprint density at radius 1 is 1.40 bits per heavy atom. The number of hydrogen-bond donors (Lipinski definition) is 2. The number of aryl methyl sites for hydroxylation is 1. The molecule has 0 unspecified atom stereocenters. The predicted octanol–water partition coefficient (Wildman–Crippen LogP) is 1.79. The van der Waals surface area contributed by atoms with Gasteiger partial charge in [0.1, 0.15) is 11.0 Å². The lowest BCUT2D eigenvalue weighted by atomic mass is 10.2. The highest BCUT2D eigenvalue weighted by Crippen LogP contribution is 2.14. The van der Waals surface area contributed by atoms with E-state index in [-0.39, 0.29) is 17.6 Å². The van der Waals surface area contributed by atoms with Crippen molar-refractivity contribution in [2.75, 3.05) is 11.9 Å². The second-order valence-electron chi connectivity index (χ2n) is 4.01. The molecule has 0 aliphatic rings. The molecule has 106 valence electrons. The van der Waals surface area contributed by atoms with E-state index in [1.165, 1.54) is 6.07 Å². The molecule has 20 heavy (non-hydrogen) atoms. The van der Waals surface area contributed by atoms with E-state index < -0.39 is 0 Å². The smallest absolute Gasteiger partial charge is 0.251 e. The summed E-state index contributed by atoms with van der Waals surface area (Å²) >= 11 is 5.88. The minimum atomic E-state index is -0.282. The summed E-state index contributed by atoms with van der Waals surface area (Å²) in [6.45, 7) is 4.49. The largest absolute Gasteiger partial charge is 0.370 e. The molecule has 7 nitrogen and oxygen atoms in total. The third-order valence-electron chi connectivity index (χ3n) is 2.39. The minimum absolute atomic E-state index is 0.187. The summed E-state index contributed by atoms with van der Waals surface area (Å²) in [6, 6.07) is 3.13. The van der Waals surface area contributed by atoms with E-state index in [0.29, 0.717) is 29.6 Å². The Labute approximate surface area is 120 Å². The first-order valence-corrected chi connectivity index (χ1v) is 6.45. The maximum atomic E-state index is 12.0. The molecular formula is C12H14ClN5O2. The molecule has 0 fully saturated rings. The topological polar surface area (TPSA) is 92.9 Å². The molecule has 2 aromatic rings. The molecule has 2 aromatic heterocycles. The molecule has 2 rings (SSSR count). The molecule has 1 amide bonds. The Kier molecular flexibility index (Phi) is 4.52. The fourth-order valence-electron chi connectivity index (χ4n) is 1.57. The Hall–Kier alpha value is -2.15. The number of nitrogens with one attached hydrogen (secondary N) is 2. The van der Waals surface area contributed by atoms with Crippen molar-refractivity contribution in [3.8, 4) is 0 Å². The van der Waals surface area contributed by atoms with Gasteiger partial charge in [-0.1, -0.05) is 16.8 Å². The van der Waals surface area contributed by atoms with Crippen LogP contribution in [0.3, 0.4) is 0 Å². The van der Waals surface area contributed by atoms with Gasteiger partial charge < -0.3 is 15.2 Å². The molecule has 2 N–H and O–H groups in total. The molecule has 8 heteroatoms. The Balaban J connectivity index is 2.04. The van der Waals surface area contributed by atoms with E-state index in [1.54, 1.807) is 13.0 Å². The number of hydrogen-bond acceptors (Lipinski definition) is 6. The molecule has 0 aliphatic heterocycles. The van der Waals surface area contributed by atoms with Gasteiger partial charge in [0.05, 0.1) is 6.54 Å². The molecule has 0 aliphatic carbocycles. The van der Waals surface area contributed by atoms with E-state index in [2.05, 4.69) is 25.8 Å². The molecule has 0 saturated carbocycles. The second-order valence-corrected chi connectivity index (χ2v) is 4.39. The van der Waals surface area contributed by atoms with Crippen molar-refractivity contribution in [3.05, 3.63) is 34.6 Å². The average Bonchev–Trinajstić information content (AvgIpc) is 2.81. The zero-order valence-corrected chi connectivity index (χ0v) is 11.9. The fourth-order valence-corrected chi connectivity index (χ4v) is 1.78. The van der Waals surface area contributed by atoms with Crippen LogP contribution in [0, 0.1) is 6.92 Å². The summed E-state index contributed by atoms with van der Waals surface area (Å²) < 4.78 is 4.82. The Morgan fingerprint density at radius 3 is 2.85 bits per heavy atom. The van der Waals surface area contributed by atoms with Gasteiger partial charge in [0.15, 0.2) is 5.82 Å². The van der Waals surface area contributed by atoms with Gasteiger partial charge in [-0.25, -0.2) is 4.98 Å². The van der Waals surface area contributed by atoms with Crippen molar-refractivity contribution in [1.82, 2.24) is 20.4 Å². The SMILES string of the molecule is CCNc1cc(C(=O)NCc2noc(C)n2)cc(Cl)n1. The first kappa shape index (κ1) is 14.3. The summed E-state index contributed by atoms with van der Waals surface area (Å²) in [7, 11) is 0. The lowest BCUT2D eigenvalue weighted by molar-refractivity contribution is 0.0949. The van der Waals surface area contributed by atoms with Crippen molar-refractivity contribution in [2.45, 2.75) is 20.4 Å². The van der Waals surface area contributed by atoms with E-state index in [0.717, 1.165) is 0 Å². The monoisotopic (exact) mass is 295 g/mol. The average molecular weight is 296 g/mol. The summed E-state index contributed by atoms with van der Waals surface area (Å²) in [5, 5.41) is 9.64. The fraction of sp³-hybridized carbons (Fsp3) is 0.333. The quantitative estimate of drug-likeness (QED) is 0.817. The Morgan fingerprint density at radius 2 is 2.20 bits per heavy atom. The number of carbonyl (C=O) groups is 1. The van der Waals surface area contributed by atoms with Crippen LogP contribution in [0.15, 0.2) is 16.7 Å². The third kappa shape index (κ3) is 3.67. The number of carbonyl (C=O) groups excluding carboxylic acids is 1. The van der Waals surface area contributed by atoms with Crippen LogP contribution < -0.4 is 10.6 Å². The zero-order valence-electron chi connectivity index (χ0n) is 11.1. The first-order chi connectivity index (χ1) is 9.58. The van der Waals surface area contributed by atoms with Crippen molar-refractivity contribution < 1.29 is 9.32 Å². The molecule has 0 aromatic carbocycles. The number of rotatable bonds is 5. The zero-order chi connectivity index (χ0) is 14.5. The molecule has 0 atom stereocenters. The molecule has 0 radical (unpaired) electrons. The standard InChI is InChI=1S/C12H14ClN5O2/c1-3-14-10-5-8(4-9(13)17-10)12(19)15-6-11-16-7(2)20-18-11/h4-5H,3,6H2,1-2H3,(H,14,17)(H,15,19). The van der Waals surface area contributed by atoms with Crippen LogP contribution in [0.1, 0.15) is 29.0 Å². The maximum absolute atomic E-state index is 12.0. The number of halogens is 1. The van der Waals surface area contributed by atoms with Crippen LogP contribution in [0.5, 0.6) is 0 Å². The van der Waals surface area contributed by atoms with Crippen molar-refractivity contribution in [1.29, 1.82) is 0 Å². The van der Waals surface area contributed by atoms with Crippen LogP contribution >= 0.6 is 11.6 Å². The number of amides is 1. The highest BCUT2D eigenvalue weighted by atomic mass is 35.5. The number of pyridine rings is 1.